The van der Waals surface area contributed by atoms with Gasteiger partial charge < -0.3 is 9.80 Å². The van der Waals surface area contributed by atoms with E-state index in [2.05, 4.69) is 83.8 Å². The maximum absolute atomic E-state index is 4.68. The smallest absolute Gasteiger partial charge is 0.151 e. The van der Waals surface area contributed by atoms with Gasteiger partial charge in [0.25, 0.3) is 0 Å². The molecule has 1 saturated heterocycles. The first-order valence-corrected chi connectivity index (χ1v) is 8.90. The molecule has 0 bridgehead atoms. The molecule has 1 fully saturated rings. The minimum atomic E-state index is 0.0321. The van der Waals surface area contributed by atoms with Crippen molar-refractivity contribution in [3.8, 4) is 0 Å². The predicted octanol–water partition coefficient (Wildman–Crippen LogP) is 3.01. The fourth-order valence-electron chi connectivity index (χ4n) is 2.81. The third kappa shape index (κ3) is 3.72. The zero-order valence-corrected chi connectivity index (χ0v) is 16.1. The van der Waals surface area contributed by atoms with E-state index in [9.17, 15) is 0 Å². The fraction of sp³-hybridized carbons (Fsp3) is 0.579. The Balaban J connectivity index is 1.63. The van der Waals surface area contributed by atoms with Gasteiger partial charge in [-0.15, -0.1) is 5.10 Å². The summed E-state index contributed by atoms with van der Waals surface area (Å²) in [5.74, 6) is 3.16. The third-order valence-corrected chi connectivity index (χ3v) is 4.69. The standard InChI is InChI=1S/C19H28N6/c1-13(2)18-20-10-9-16(21-18)24(6)14-11-25(12-14)17-8-7-15(22-23-17)19(3,4)5/h7-10,13-14H,11-12H2,1-6H3. The number of anilines is 2. The summed E-state index contributed by atoms with van der Waals surface area (Å²) in [6, 6.07) is 6.57. The van der Waals surface area contributed by atoms with Crippen molar-refractivity contribution < 1.29 is 0 Å². The number of hydrogen-bond donors (Lipinski definition) is 0. The molecule has 0 unspecified atom stereocenters. The lowest BCUT2D eigenvalue weighted by Crippen LogP contribution is -2.59. The molecule has 0 aromatic carbocycles. The van der Waals surface area contributed by atoms with Crippen LogP contribution in [0.1, 0.15) is 52.1 Å². The summed E-state index contributed by atoms with van der Waals surface area (Å²) in [7, 11) is 2.10. The van der Waals surface area contributed by atoms with Crippen LogP contribution in [0.3, 0.4) is 0 Å². The van der Waals surface area contributed by atoms with E-state index in [1.165, 1.54) is 0 Å². The lowest BCUT2D eigenvalue weighted by molar-refractivity contribution is 0.484. The Hall–Kier alpha value is -2.24. The number of nitrogens with zero attached hydrogens (tertiary/aromatic N) is 6. The second-order valence-electron chi connectivity index (χ2n) is 8.12. The van der Waals surface area contributed by atoms with E-state index in [4.69, 9.17) is 0 Å². The van der Waals surface area contributed by atoms with Gasteiger partial charge in [-0.2, -0.15) is 5.10 Å². The van der Waals surface area contributed by atoms with Crippen molar-refractivity contribution in [2.75, 3.05) is 29.9 Å². The van der Waals surface area contributed by atoms with Gasteiger partial charge in [-0.25, -0.2) is 9.97 Å². The summed E-state index contributed by atoms with van der Waals surface area (Å²) >= 11 is 0. The van der Waals surface area contributed by atoms with E-state index in [0.29, 0.717) is 12.0 Å². The lowest BCUT2D eigenvalue weighted by atomic mass is 9.92. The Morgan fingerprint density at radius 2 is 1.84 bits per heavy atom. The van der Waals surface area contributed by atoms with Crippen LogP contribution in [-0.2, 0) is 5.41 Å². The topological polar surface area (TPSA) is 58.0 Å². The molecular formula is C19H28N6. The van der Waals surface area contributed by atoms with Gasteiger partial charge in [-0.05, 0) is 18.2 Å². The Morgan fingerprint density at radius 3 is 2.40 bits per heavy atom. The molecule has 0 atom stereocenters. The normalized spacial score (nSPS) is 15.4. The Morgan fingerprint density at radius 1 is 1.12 bits per heavy atom. The lowest BCUT2D eigenvalue weighted by Gasteiger charge is -2.45. The predicted molar refractivity (Wildman–Crippen MR) is 101 cm³/mol. The molecule has 3 heterocycles. The number of aromatic nitrogens is 4. The molecule has 0 amide bonds. The van der Waals surface area contributed by atoms with Gasteiger partial charge in [0.15, 0.2) is 5.82 Å². The highest BCUT2D eigenvalue weighted by Crippen LogP contribution is 2.26. The maximum atomic E-state index is 4.68. The Labute approximate surface area is 150 Å². The molecule has 0 aliphatic carbocycles. The third-order valence-electron chi connectivity index (χ3n) is 4.69. The van der Waals surface area contributed by atoms with Crippen LogP contribution in [-0.4, -0.2) is 46.3 Å². The van der Waals surface area contributed by atoms with Gasteiger partial charge in [-0.1, -0.05) is 34.6 Å². The highest BCUT2D eigenvalue weighted by molar-refractivity contribution is 5.47. The molecule has 2 aromatic rings. The summed E-state index contributed by atoms with van der Waals surface area (Å²) in [5.41, 5.74) is 1.05. The summed E-state index contributed by atoms with van der Waals surface area (Å²) in [6.07, 6.45) is 1.85. The molecule has 134 valence electrons. The average molecular weight is 340 g/mol. The largest absolute Gasteiger partial charge is 0.353 e. The van der Waals surface area contributed by atoms with Crippen LogP contribution in [0.5, 0.6) is 0 Å². The molecule has 6 nitrogen and oxygen atoms in total. The number of rotatable bonds is 4. The van der Waals surface area contributed by atoms with Gasteiger partial charge in [-0.3, -0.25) is 0 Å². The Bertz CT molecular complexity index is 713. The van der Waals surface area contributed by atoms with Crippen LogP contribution >= 0.6 is 0 Å². The fourth-order valence-corrected chi connectivity index (χ4v) is 2.81. The van der Waals surface area contributed by atoms with Crippen LogP contribution in [0.25, 0.3) is 0 Å². The zero-order chi connectivity index (χ0) is 18.2. The molecule has 0 N–H and O–H groups in total. The van der Waals surface area contributed by atoms with Crippen molar-refractivity contribution in [2.24, 2.45) is 0 Å². The molecule has 0 spiro atoms. The highest BCUT2D eigenvalue weighted by Gasteiger charge is 2.32. The van der Waals surface area contributed by atoms with Crippen molar-refractivity contribution in [2.45, 2.75) is 52.0 Å². The van der Waals surface area contributed by atoms with E-state index in [-0.39, 0.29) is 5.41 Å². The van der Waals surface area contributed by atoms with Crippen molar-refractivity contribution in [1.82, 2.24) is 20.2 Å². The molecule has 1 aliphatic heterocycles. The van der Waals surface area contributed by atoms with E-state index in [1.54, 1.807) is 0 Å². The second kappa shape index (κ2) is 6.58. The molecule has 25 heavy (non-hydrogen) atoms. The Kier molecular flexibility index (Phi) is 4.62. The molecule has 3 rings (SSSR count). The minimum absolute atomic E-state index is 0.0321. The first-order chi connectivity index (χ1) is 11.8. The average Bonchev–Trinajstić information content (AvgIpc) is 2.53. The summed E-state index contributed by atoms with van der Waals surface area (Å²) in [6.45, 7) is 12.5. The monoisotopic (exact) mass is 340 g/mol. The van der Waals surface area contributed by atoms with E-state index < -0.39 is 0 Å². The molecule has 0 saturated carbocycles. The molecule has 0 radical (unpaired) electrons. The second-order valence-corrected chi connectivity index (χ2v) is 8.12. The van der Waals surface area contributed by atoms with Gasteiger partial charge in [0, 0.05) is 37.7 Å². The first kappa shape index (κ1) is 17.6. The van der Waals surface area contributed by atoms with Gasteiger partial charge in [0.1, 0.15) is 11.6 Å². The van der Waals surface area contributed by atoms with Crippen LogP contribution in [0, 0.1) is 0 Å². The zero-order valence-electron chi connectivity index (χ0n) is 16.1. The first-order valence-electron chi connectivity index (χ1n) is 8.90. The molecular weight excluding hydrogens is 312 g/mol. The summed E-state index contributed by atoms with van der Waals surface area (Å²) in [5, 5.41) is 8.79. The van der Waals surface area contributed by atoms with E-state index in [1.807, 2.05) is 12.3 Å². The van der Waals surface area contributed by atoms with Crippen molar-refractivity contribution >= 4 is 11.6 Å². The van der Waals surface area contributed by atoms with Crippen LogP contribution in [0.4, 0.5) is 11.6 Å². The summed E-state index contributed by atoms with van der Waals surface area (Å²) in [4.78, 5) is 13.5. The van der Waals surface area contributed by atoms with Gasteiger partial charge >= 0.3 is 0 Å². The summed E-state index contributed by atoms with van der Waals surface area (Å²) < 4.78 is 0. The number of hydrogen-bond acceptors (Lipinski definition) is 6. The number of likely N-dealkylation sites (N-methyl/N-ethyl adjacent to an activating group) is 1. The quantitative estimate of drug-likeness (QED) is 0.853. The van der Waals surface area contributed by atoms with E-state index >= 15 is 0 Å². The molecule has 2 aromatic heterocycles. The van der Waals surface area contributed by atoms with Crippen molar-refractivity contribution in [1.29, 1.82) is 0 Å². The van der Waals surface area contributed by atoms with Crippen molar-refractivity contribution in [3.63, 3.8) is 0 Å². The van der Waals surface area contributed by atoms with Gasteiger partial charge in [0.05, 0.1) is 11.7 Å². The van der Waals surface area contributed by atoms with E-state index in [0.717, 1.165) is 36.2 Å². The molecule has 6 heteroatoms. The minimum Gasteiger partial charge on any atom is -0.353 e. The van der Waals surface area contributed by atoms with Crippen LogP contribution < -0.4 is 9.80 Å². The molecule has 1 aliphatic rings. The maximum Gasteiger partial charge on any atom is 0.151 e. The van der Waals surface area contributed by atoms with Crippen LogP contribution in [0.2, 0.25) is 0 Å². The van der Waals surface area contributed by atoms with Crippen molar-refractivity contribution in [3.05, 3.63) is 35.9 Å². The van der Waals surface area contributed by atoms with Gasteiger partial charge in [0.2, 0.25) is 0 Å². The SMILES string of the molecule is CC(C)c1nccc(N(C)C2CN(c3ccc(C(C)(C)C)nn3)C2)n1. The van der Waals surface area contributed by atoms with Crippen LogP contribution in [0.15, 0.2) is 24.4 Å². The highest BCUT2D eigenvalue weighted by atomic mass is 15.4.